The number of aryl methyl sites for hydroxylation is 1. The number of hydrogen-bond acceptors (Lipinski definition) is 3. The summed E-state index contributed by atoms with van der Waals surface area (Å²) >= 11 is 0. The summed E-state index contributed by atoms with van der Waals surface area (Å²) in [6, 6.07) is 28.1. The van der Waals surface area contributed by atoms with Crippen molar-refractivity contribution in [3.8, 4) is 16.9 Å². The van der Waals surface area contributed by atoms with E-state index in [-0.39, 0.29) is 6.04 Å². The zero-order valence-electron chi connectivity index (χ0n) is 18.7. The smallest absolute Gasteiger partial charge is 0.126 e. The Kier molecular flexibility index (Phi) is 5.38. The highest BCUT2D eigenvalue weighted by molar-refractivity contribution is 5.87. The maximum atomic E-state index is 5.67. The van der Waals surface area contributed by atoms with E-state index in [1.807, 2.05) is 17.9 Å². The lowest BCUT2D eigenvalue weighted by atomic mass is 9.98. The SMILES string of the molecule is COc1ccc(CN[C@H](C)c2cccc3ccccc23)cc1-c1ccc2c(cnn2C)c1. The Bertz CT molecular complexity index is 1400. The van der Waals surface area contributed by atoms with Crippen molar-refractivity contribution >= 4 is 21.7 Å². The average molecular weight is 422 g/mol. The van der Waals surface area contributed by atoms with Gasteiger partial charge in [-0.3, -0.25) is 4.68 Å². The quantitative estimate of drug-likeness (QED) is 0.352. The molecule has 5 aromatic rings. The normalized spacial score (nSPS) is 12.3. The molecule has 4 aromatic carbocycles. The molecule has 0 saturated heterocycles. The van der Waals surface area contributed by atoms with Crippen molar-refractivity contribution in [1.82, 2.24) is 15.1 Å². The number of benzene rings is 4. The maximum absolute atomic E-state index is 5.67. The van der Waals surface area contributed by atoms with Gasteiger partial charge in [0.25, 0.3) is 0 Å². The molecule has 0 aliphatic carbocycles. The molecular weight excluding hydrogens is 394 g/mol. The van der Waals surface area contributed by atoms with E-state index in [0.29, 0.717) is 0 Å². The summed E-state index contributed by atoms with van der Waals surface area (Å²) in [4.78, 5) is 0. The van der Waals surface area contributed by atoms with E-state index < -0.39 is 0 Å². The highest BCUT2D eigenvalue weighted by atomic mass is 16.5. The molecule has 0 aliphatic rings. The van der Waals surface area contributed by atoms with Gasteiger partial charge < -0.3 is 10.1 Å². The number of nitrogens with one attached hydrogen (secondary N) is 1. The van der Waals surface area contributed by atoms with Crippen molar-refractivity contribution in [3.63, 3.8) is 0 Å². The molecule has 1 atom stereocenters. The third-order valence-corrected chi connectivity index (χ3v) is 6.22. The summed E-state index contributed by atoms with van der Waals surface area (Å²) < 4.78 is 7.57. The van der Waals surface area contributed by atoms with Crippen LogP contribution in [0.2, 0.25) is 0 Å². The Morgan fingerprint density at radius 2 is 1.78 bits per heavy atom. The Labute approximate surface area is 188 Å². The number of nitrogens with zero attached hydrogens (tertiary/aromatic N) is 2. The molecule has 1 aromatic heterocycles. The van der Waals surface area contributed by atoms with E-state index in [0.717, 1.165) is 34.3 Å². The highest BCUT2D eigenvalue weighted by Gasteiger charge is 2.12. The molecule has 0 spiro atoms. The largest absolute Gasteiger partial charge is 0.496 e. The Hall–Kier alpha value is -3.63. The monoisotopic (exact) mass is 421 g/mol. The lowest BCUT2D eigenvalue weighted by molar-refractivity contribution is 0.416. The van der Waals surface area contributed by atoms with E-state index in [2.05, 4.69) is 96.2 Å². The minimum absolute atomic E-state index is 0.235. The molecule has 0 amide bonds. The van der Waals surface area contributed by atoms with Gasteiger partial charge in [0.15, 0.2) is 0 Å². The predicted octanol–water partition coefficient (Wildman–Crippen LogP) is 6.25. The van der Waals surface area contributed by atoms with Crippen LogP contribution in [0.15, 0.2) is 85.1 Å². The number of fused-ring (bicyclic) bond motifs is 2. The summed E-state index contributed by atoms with van der Waals surface area (Å²) in [5.74, 6) is 0.874. The van der Waals surface area contributed by atoms with Crippen molar-refractivity contribution in [3.05, 3.63) is 96.2 Å². The number of rotatable bonds is 6. The van der Waals surface area contributed by atoms with Crippen LogP contribution in [0.5, 0.6) is 5.75 Å². The van der Waals surface area contributed by atoms with Gasteiger partial charge in [0.1, 0.15) is 5.75 Å². The predicted molar refractivity (Wildman–Crippen MR) is 132 cm³/mol. The van der Waals surface area contributed by atoms with E-state index in [9.17, 15) is 0 Å². The zero-order chi connectivity index (χ0) is 22.1. The summed E-state index contributed by atoms with van der Waals surface area (Å²) in [5.41, 5.74) is 5.88. The lowest BCUT2D eigenvalue weighted by Gasteiger charge is -2.18. The molecular formula is C28H27N3O. The molecule has 0 radical (unpaired) electrons. The van der Waals surface area contributed by atoms with Crippen LogP contribution in [-0.2, 0) is 13.6 Å². The third kappa shape index (κ3) is 3.74. The van der Waals surface area contributed by atoms with Gasteiger partial charge in [-0.2, -0.15) is 5.10 Å². The minimum Gasteiger partial charge on any atom is -0.496 e. The van der Waals surface area contributed by atoms with E-state index in [1.165, 1.54) is 21.9 Å². The maximum Gasteiger partial charge on any atom is 0.126 e. The van der Waals surface area contributed by atoms with Gasteiger partial charge in [0.2, 0.25) is 0 Å². The van der Waals surface area contributed by atoms with Crippen LogP contribution in [-0.4, -0.2) is 16.9 Å². The number of hydrogen-bond donors (Lipinski definition) is 1. The molecule has 32 heavy (non-hydrogen) atoms. The minimum atomic E-state index is 0.235. The fraction of sp³-hybridized carbons (Fsp3) is 0.179. The van der Waals surface area contributed by atoms with Crippen LogP contribution in [0.1, 0.15) is 24.1 Å². The Morgan fingerprint density at radius 1 is 0.938 bits per heavy atom. The Balaban J connectivity index is 1.42. The molecule has 0 bridgehead atoms. The van der Waals surface area contributed by atoms with E-state index in [4.69, 9.17) is 4.74 Å². The topological polar surface area (TPSA) is 39.1 Å². The van der Waals surface area contributed by atoms with Crippen LogP contribution >= 0.6 is 0 Å². The first-order valence-corrected chi connectivity index (χ1v) is 10.9. The van der Waals surface area contributed by atoms with Crippen LogP contribution in [0.25, 0.3) is 32.8 Å². The standard InChI is InChI=1S/C28H27N3O/c1-19(24-10-6-8-21-7-4-5-9-25(21)24)29-17-20-11-14-28(32-3)26(15-20)22-12-13-27-23(16-22)18-30-31(27)2/h4-16,18-19,29H,17H2,1-3H3/t19-/m1/s1. The molecule has 160 valence electrons. The van der Waals surface area contributed by atoms with E-state index >= 15 is 0 Å². The molecule has 5 rings (SSSR count). The van der Waals surface area contributed by atoms with Gasteiger partial charge in [-0.25, -0.2) is 0 Å². The highest BCUT2D eigenvalue weighted by Crippen LogP contribution is 2.33. The molecule has 0 fully saturated rings. The third-order valence-electron chi connectivity index (χ3n) is 6.22. The summed E-state index contributed by atoms with van der Waals surface area (Å²) in [7, 11) is 3.69. The van der Waals surface area contributed by atoms with Crippen molar-refractivity contribution in [2.45, 2.75) is 19.5 Å². The van der Waals surface area contributed by atoms with Crippen molar-refractivity contribution in [1.29, 1.82) is 0 Å². The second kappa shape index (κ2) is 8.48. The molecule has 0 aliphatic heterocycles. The summed E-state index contributed by atoms with van der Waals surface area (Å²) in [6.45, 7) is 3.00. The first-order chi connectivity index (χ1) is 15.6. The molecule has 4 nitrogen and oxygen atoms in total. The van der Waals surface area contributed by atoms with Gasteiger partial charge in [-0.05, 0) is 58.7 Å². The van der Waals surface area contributed by atoms with Crippen LogP contribution in [0.3, 0.4) is 0 Å². The van der Waals surface area contributed by atoms with Crippen molar-refractivity contribution < 1.29 is 4.74 Å². The molecule has 4 heteroatoms. The average Bonchev–Trinajstić information content (AvgIpc) is 3.22. The van der Waals surface area contributed by atoms with Gasteiger partial charge in [-0.1, -0.05) is 54.6 Å². The van der Waals surface area contributed by atoms with Crippen molar-refractivity contribution in [2.75, 3.05) is 7.11 Å². The molecule has 0 unspecified atom stereocenters. The fourth-order valence-corrected chi connectivity index (χ4v) is 4.43. The molecule has 0 saturated carbocycles. The van der Waals surface area contributed by atoms with Crippen LogP contribution in [0.4, 0.5) is 0 Å². The second-order valence-electron chi connectivity index (χ2n) is 8.25. The lowest BCUT2D eigenvalue weighted by Crippen LogP contribution is -2.18. The van der Waals surface area contributed by atoms with Crippen LogP contribution in [0, 0.1) is 0 Å². The van der Waals surface area contributed by atoms with Crippen molar-refractivity contribution in [2.24, 2.45) is 7.05 Å². The fourth-order valence-electron chi connectivity index (χ4n) is 4.43. The van der Waals surface area contributed by atoms with Crippen LogP contribution < -0.4 is 10.1 Å². The van der Waals surface area contributed by atoms with E-state index in [1.54, 1.807) is 7.11 Å². The number of methoxy groups -OCH3 is 1. The van der Waals surface area contributed by atoms with Gasteiger partial charge in [0, 0.05) is 30.6 Å². The molecule has 1 N–H and O–H groups in total. The number of aromatic nitrogens is 2. The second-order valence-corrected chi connectivity index (χ2v) is 8.25. The first-order valence-electron chi connectivity index (χ1n) is 10.9. The van der Waals surface area contributed by atoms with Gasteiger partial charge >= 0.3 is 0 Å². The molecule has 1 heterocycles. The summed E-state index contributed by atoms with van der Waals surface area (Å²) in [6.07, 6.45) is 1.91. The van der Waals surface area contributed by atoms with Gasteiger partial charge in [-0.15, -0.1) is 0 Å². The number of ether oxygens (including phenoxy) is 1. The zero-order valence-corrected chi connectivity index (χ0v) is 18.7. The van der Waals surface area contributed by atoms with Gasteiger partial charge in [0.05, 0.1) is 18.8 Å². The first kappa shape index (κ1) is 20.3. The Morgan fingerprint density at radius 3 is 2.66 bits per heavy atom. The summed E-state index contributed by atoms with van der Waals surface area (Å²) in [5, 5.41) is 11.8.